The van der Waals surface area contributed by atoms with Gasteiger partial charge in [0.25, 0.3) is 0 Å². The Morgan fingerprint density at radius 1 is 0.939 bits per heavy atom. The molecule has 2 atom stereocenters. The molecular formula is C28H25FN2O2. The van der Waals surface area contributed by atoms with Gasteiger partial charge in [-0.15, -0.1) is 0 Å². The van der Waals surface area contributed by atoms with Gasteiger partial charge in [0.15, 0.2) is 5.78 Å². The van der Waals surface area contributed by atoms with E-state index in [9.17, 15) is 14.0 Å². The van der Waals surface area contributed by atoms with Crippen LogP contribution in [0.1, 0.15) is 49.3 Å². The van der Waals surface area contributed by atoms with Gasteiger partial charge in [-0.1, -0.05) is 61.5 Å². The Morgan fingerprint density at radius 3 is 2.36 bits per heavy atom. The summed E-state index contributed by atoms with van der Waals surface area (Å²) < 4.78 is 13.8. The summed E-state index contributed by atoms with van der Waals surface area (Å²) in [7, 11) is 0. The lowest BCUT2D eigenvalue weighted by molar-refractivity contribution is -0.119. The predicted molar refractivity (Wildman–Crippen MR) is 127 cm³/mol. The van der Waals surface area contributed by atoms with Gasteiger partial charge in [0.2, 0.25) is 5.91 Å². The van der Waals surface area contributed by atoms with E-state index in [-0.39, 0.29) is 29.8 Å². The van der Waals surface area contributed by atoms with Crippen LogP contribution in [0.5, 0.6) is 0 Å². The molecule has 4 nitrogen and oxygen atoms in total. The fourth-order valence-electron chi connectivity index (χ4n) is 4.96. The van der Waals surface area contributed by atoms with Gasteiger partial charge in [-0.2, -0.15) is 0 Å². The number of hydrogen-bond acceptors (Lipinski definition) is 3. The topological polar surface area (TPSA) is 49.4 Å². The summed E-state index contributed by atoms with van der Waals surface area (Å²) in [5.41, 5.74) is 4.77. The average Bonchev–Trinajstić information content (AvgIpc) is 2.99. The summed E-state index contributed by atoms with van der Waals surface area (Å²) >= 11 is 0. The van der Waals surface area contributed by atoms with Crippen LogP contribution < -0.4 is 10.2 Å². The molecule has 1 aliphatic carbocycles. The molecule has 3 aromatic rings. The van der Waals surface area contributed by atoms with E-state index >= 15 is 0 Å². The molecule has 0 unspecified atom stereocenters. The van der Waals surface area contributed by atoms with E-state index < -0.39 is 6.04 Å². The van der Waals surface area contributed by atoms with Crippen molar-refractivity contribution >= 4 is 23.1 Å². The molecule has 0 fully saturated rings. The van der Waals surface area contributed by atoms with Crippen LogP contribution in [0.4, 0.5) is 15.8 Å². The first-order valence-electron chi connectivity index (χ1n) is 11.3. The minimum absolute atomic E-state index is 0.00800. The number of Topliss-reactive ketones (excluding diaryl/α,β-unsaturated/α-hetero) is 1. The average molecular weight is 441 g/mol. The zero-order valence-electron chi connectivity index (χ0n) is 18.4. The predicted octanol–water partition coefficient (Wildman–Crippen LogP) is 6.14. The molecule has 3 aromatic carbocycles. The van der Waals surface area contributed by atoms with E-state index in [2.05, 4.69) is 17.4 Å². The van der Waals surface area contributed by atoms with E-state index in [4.69, 9.17) is 0 Å². The van der Waals surface area contributed by atoms with Gasteiger partial charge in [-0.25, -0.2) is 4.39 Å². The summed E-state index contributed by atoms with van der Waals surface area (Å²) in [6, 6.07) is 23.2. The SMILES string of the molecule is CCC(=O)N1c2ccccc2NC2=C(C(=O)C[C@@H](c3ccccc3)C2)[C@@H]1c1ccc(F)cc1. The molecule has 166 valence electrons. The van der Waals surface area contributed by atoms with Crippen molar-refractivity contribution in [2.75, 3.05) is 10.2 Å². The zero-order valence-corrected chi connectivity index (χ0v) is 18.4. The Kier molecular flexibility index (Phi) is 5.55. The number of carbonyl (C=O) groups is 2. The second-order valence-electron chi connectivity index (χ2n) is 8.54. The second kappa shape index (κ2) is 8.66. The highest BCUT2D eigenvalue weighted by Crippen LogP contribution is 2.47. The number of amides is 1. The lowest BCUT2D eigenvalue weighted by atomic mass is 9.78. The summed E-state index contributed by atoms with van der Waals surface area (Å²) in [5.74, 6) is -0.383. The van der Waals surface area contributed by atoms with Gasteiger partial charge in [0, 0.05) is 24.1 Å². The van der Waals surface area contributed by atoms with Crippen molar-refractivity contribution < 1.29 is 14.0 Å². The maximum absolute atomic E-state index is 13.8. The minimum Gasteiger partial charge on any atom is -0.357 e. The number of para-hydroxylation sites is 2. The van der Waals surface area contributed by atoms with Crippen molar-refractivity contribution in [3.05, 3.63) is 107 Å². The maximum Gasteiger partial charge on any atom is 0.227 e. The highest BCUT2D eigenvalue weighted by Gasteiger charge is 2.41. The van der Waals surface area contributed by atoms with Crippen molar-refractivity contribution in [3.63, 3.8) is 0 Å². The van der Waals surface area contributed by atoms with Gasteiger partial charge in [-0.3, -0.25) is 14.5 Å². The molecule has 1 heterocycles. The van der Waals surface area contributed by atoms with Crippen LogP contribution >= 0.6 is 0 Å². The molecule has 1 amide bonds. The molecule has 0 saturated carbocycles. The van der Waals surface area contributed by atoms with Gasteiger partial charge in [0.1, 0.15) is 5.82 Å². The molecular weight excluding hydrogens is 415 g/mol. The van der Waals surface area contributed by atoms with Crippen LogP contribution in [0.25, 0.3) is 0 Å². The first-order valence-corrected chi connectivity index (χ1v) is 11.3. The summed E-state index contributed by atoms with van der Waals surface area (Å²) in [5, 5.41) is 3.50. The molecule has 0 radical (unpaired) electrons. The number of carbonyl (C=O) groups excluding carboxylic acids is 2. The molecule has 0 spiro atoms. The van der Waals surface area contributed by atoms with Crippen LogP contribution in [0.2, 0.25) is 0 Å². The van der Waals surface area contributed by atoms with E-state index in [0.29, 0.717) is 18.4 Å². The molecule has 0 saturated heterocycles. The third kappa shape index (κ3) is 3.84. The standard InChI is InChI=1S/C28H25FN2O2/c1-2-26(33)31-24-11-7-6-10-22(24)30-23-16-20(18-8-4-3-5-9-18)17-25(32)27(23)28(31)19-12-14-21(29)15-13-19/h3-15,20,28,30H,2,16-17H2,1H3/t20-,28-/m0/s1. The first kappa shape index (κ1) is 21.1. The maximum atomic E-state index is 13.8. The highest BCUT2D eigenvalue weighted by molar-refractivity contribution is 6.06. The number of hydrogen-bond donors (Lipinski definition) is 1. The number of nitrogens with zero attached hydrogens (tertiary/aromatic N) is 1. The number of halogens is 1. The number of ketones is 1. The van der Waals surface area contributed by atoms with Gasteiger partial charge in [0.05, 0.1) is 17.4 Å². The minimum atomic E-state index is -0.617. The summed E-state index contributed by atoms with van der Waals surface area (Å²) in [6.07, 6.45) is 1.31. The monoisotopic (exact) mass is 440 g/mol. The van der Waals surface area contributed by atoms with Gasteiger partial charge >= 0.3 is 0 Å². The molecule has 1 aliphatic heterocycles. The number of allylic oxidation sites excluding steroid dienone is 1. The van der Waals surface area contributed by atoms with E-state index in [1.54, 1.807) is 17.0 Å². The van der Waals surface area contributed by atoms with Crippen LogP contribution in [-0.4, -0.2) is 11.7 Å². The number of nitrogens with one attached hydrogen (secondary N) is 1. The Labute approximate surface area is 192 Å². The third-order valence-corrected chi connectivity index (χ3v) is 6.52. The van der Waals surface area contributed by atoms with Crippen LogP contribution in [0.3, 0.4) is 0 Å². The van der Waals surface area contributed by atoms with Crippen molar-refractivity contribution in [1.29, 1.82) is 0 Å². The molecule has 2 aliphatic rings. The lowest BCUT2D eigenvalue weighted by Gasteiger charge is -2.35. The van der Waals surface area contributed by atoms with Crippen molar-refractivity contribution in [3.8, 4) is 0 Å². The largest absolute Gasteiger partial charge is 0.357 e. The lowest BCUT2D eigenvalue weighted by Crippen LogP contribution is -2.38. The summed E-state index contributed by atoms with van der Waals surface area (Å²) in [6.45, 7) is 1.81. The van der Waals surface area contributed by atoms with Crippen molar-refractivity contribution in [2.24, 2.45) is 0 Å². The molecule has 33 heavy (non-hydrogen) atoms. The first-order chi connectivity index (χ1) is 16.1. The molecule has 0 bridgehead atoms. The van der Waals surface area contributed by atoms with E-state index in [1.165, 1.54) is 12.1 Å². The number of rotatable bonds is 3. The van der Waals surface area contributed by atoms with Crippen LogP contribution in [-0.2, 0) is 9.59 Å². The normalized spacial score (nSPS) is 19.9. The Balaban J connectivity index is 1.71. The zero-order chi connectivity index (χ0) is 22.9. The third-order valence-electron chi connectivity index (χ3n) is 6.52. The second-order valence-corrected chi connectivity index (χ2v) is 8.54. The highest BCUT2D eigenvalue weighted by atomic mass is 19.1. The quantitative estimate of drug-likeness (QED) is 0.532. The molecule has 5 rings (SSSR count). The van der Waals surface area contributed by atoms with Crippen molar-refractivity contribution in [1.82, 2.24) is 0 Å². The summed E-state index contributed by atoms with van der Waals surface area (Å²) in [4.78, 5) is 28.7. The fraction of sp³-hybridized carbons (Fsp3) is 0.214. The van der Waals surface area contributed by atoms with Crippen molar-refractivity contribution in [2.45, 2.75) is 38.1 Å². The van der Waals surface area contributed by atoms with Crippen LogP contribution in [0, 0.1) is 5.82 Å². The number of anilines is 2. The Hall–Kier alpha value is -3.73. The van der Waals surface area contributed by atoms with Gasteiger partial charge in [-0.05, 0) is 47.7 Å². The molecule has 1 N–H and O–H groups in total. The Bertz CT molecular complexity index is 1230. The molecule has 0 aromatic heterocycles. The fourth-order valence-corrected chi connectivity index (χ4v) is 4.96. The van der Waals surface area contributed by atoms with Crippen LogP contribution in [0.15, 0.2) is 90.1 Å². The van der Waals surface area contributed by atoms with E-state index in [0.717, 1.165) is 28.2 Å². The number of fused-ring (bicyclic) bond motifs is 1. The smallest absolute Gasteiger partial charge is 0.227 e. The van der Waals surface area contributed by atoms with Gasteiger partial charge < -0.3 is 5.32 Å². The number of benzene rings is 3. The van der Waals surface area contributed by atoms with E-state index in [1.807, 2.05) is 49.4 Å². The Morgan fingerprint density at radius 2 is 1.64 bits per heavy atom. The molecule has 5 heteroatoms.